The Morgan fingerprint density at radius 2 is 1.52 bits per heavy atom. The molecule has 0 spiro atoms. The Morgan fingerprint density at radius 1 is 0.925 bits per heavy atom. The number of aromatic hydroxyl groups is 1. The second kappa shape index (κ2) is 8.38. The van der Waals surface area contributed by atoms with Crippen LogP contribution in [0.4, 0.5) is 0 Å². The predicted molar refractivity (Wildman–Crippen MR) is 147 cm³/mol. The SMILES string of the molecule is CC(=O)C1=C(O)[C@]2(O)C(O)=C3C(=O)c4c(O)ccc(-c5ccccc5)c4C(C)(O)[C@]3(C)C[C@]2(C)C(C(C)C)C1=O. The molecule has 0 aliphatic heterocycles. The van der Waals surface area contributed by atoms with Crippen LogP contribution in [-0.4, -0.2) is 48.5 Å². The van der Waals surface area contributed by atoms with E-state index in [4.69, 9.17) is 0 Å². The van der Waals surface area contributed by atoms with E-state index >= 15 is 0 Å². The smallest absolute Gasteiger partial charge is 0.197 e. The number of ketones is 3. The van der Waals surface area contributed by atoms with Crippen molar-refractivity contribution in [2.45, 2.75) is 59.2 Å². The van der Waals surface area contributed by atoms with E-state index in [1.165, 1.54) is 19.9 Å². The fraction of sp³-hybridized carbons (Fsp3) is 0.406. The third kappa shape index (κ3) is 3.06. The molecule has 0 heterocycles. The lowest BCUT2D eigenvalue weighted by atomic mass is 9.42. The zero-order chi connectivity index (χ0) is 29.7. The van der Waals surface area contributed by atoms with E-state index in [-0.39, 0.29) is 17.5 Å². The van der Waals surface area contributed by atoms with Crippen molar-refractivity contribution in [1.82, 2.24) is 0 Å². The molecule has 0 aromatic heterocycles. The second-order valence-electron chi connectivity index (χ2n) is 12.4. The standard InChI is InChI=1S/C32H34O8/c1-15(2)22-25(35)20(16(3)33)27(37)32(40)28(38)24-26(36)21-19(34)13-12-18(17-10-8-7-9-11-17)23(21)31(6,39)29(24,4)14-30(22,32)5/h7-13,15,22,34,37-40H,14H2,1-6H3/t22?,29-,30-,31?,32+/m1/s1. The monoisotopic (exact) mass is 546 g/mol. The number of rotatable bonds is 3. The average molecular weight is 547 g/mol. The third-order valence-corrected chi connectivity index (χ3v) is 9.78. The van der Waals surface area contributed by atoms with Gasteiger partial charge in [0.05, 0.1) is 16.7 Å². The van der Waals surface area contributed by atoms with Gasteiger partial charge in [-0.2, -0.15) is 0 Å². The average Bonchev–Trinajstić information content (AvgIpc) is 2.85. The van der Waals surface area contributed by atoms with E-state index in [1.54, 1.807) is 51.1 Å². The number of phenols is 1. The summed E-state index contributed by atoms with van der Waals surface area (Å²) in [5, 5.41) is 58.7. The first-order valence-corrected chi connectivity index (χ1v) is 13.3. The van der Waals surface area contributed by atoms with Gasteiger partial charge in [-0.1, -0.05) is 64.1 Å². The summed E-state index contributed by atoms with van der Waals surface area (Å²) < 4.78 is 0. The number of Topliss-reactive ketones (excluding diaryl/α,β-unsaturated/α-hetero) is 3. The minimum Gasteiger partial charge on any atom is -0.508 e. The topological polar surface area (TPSA) is 152 Å². The molecule has 0 amide bonds. The van der Waals surface area contributed by atoms with E-state index in [9.17, 15) is 39.9 Å². The minimum absolute atomic E-state index is 0.157. The van der Waals surface area contributed by atoms with Crippen LogP contribution in [0.3, 0.4) is 0 Å². The van der Waals surface area contributed by atoms with Gasteiger partial charge in [0.2, 0.25) is 0 Å². The molecule has 8 nitrogen and oxygen atoms in total. The van der Waals surface area contributed by atoms with Crippen LogP contribution in [0.25, 0.3) is 11.1 Å². The number of allylic oxidation sites excluding steroid dienone is 1. The molecule has 0 saturated heterocycles. The Morgan fingerprint density at radius 3 is 2.08 bits per heavy atom. The van der Waals surface area contributed by atoms with Crippen molar-refractivity contribution >= 4 is 17.3 Å². The van der Waals surface area contributed by atoms with Gasteiger partial charge in [-0.25, -0.2) is 0 Å². The lowest BCUT2D eigenvalue weighted by Gasteiger charge is -2.62. The highest BCUT2D eigenvalue weighted by atomic mass is 16.4. The van der Waals surface area contributed by atoms with Crippen LogP contribution in [0, 0.1) is 22.7 Å². The van der Waals surface area contributed by atoms with E-state index in [1.807, 2.05) is 6.07 Å². The maximum absolute atomic E-state index is 14.2. The molecule has 5 atom stereocenters. The number of carbonyl (C=O) groups excluding carboxylic acids is 3. The number of benzene rings is 2. The molecular formula is C32H34O8. The fourth-order valence-electron chi connectivity index (χ4n) is 7.86. The van der Waals surface area contributed by atoms with Crippen LogP contribution in [0.1, 0.15) is 63.9 Å². The maximum atomic E-state index is 14.2. The molecule has 0 radical (unpaired) electrons. The van der Waals surface area contributed by atoms with Crippen molar-refractivity contribution < 1.29 is 39.9 Å². The van der Waals surface area contributed by atoms with Crippen LogP contribution in [0.15, 0.2) is 65.1 Å². The Bertz CT molecular complexity index is 1560. The van der Waals surface area contributed by atoms with E-state index < -0.39 is 79.6 Å². The van der Waals surface area contributed by atoms with Crippen molar-refractivity contribution in [3.05, 3.63) is 76.3 Å². The first kappa shape index (κ1) is 27.8. The molecular weight excluding hydrogens is 512 g/mol. The van der Waals surface area contributed by atoms with E-state index in [0.717, 1.165) is 6.92 Å². The molecule has 2 aromatic carbocycles. The summed E-state index contributed by atoms with van der Waals surface area (Å²) in [4.78, 5) is 40.5. The van der Waals surface area contributed by atoms with Gasteiger partial charge in [-0.15, -0.1) is 0 Å². The molecule has 0 saturated carbocycles. The van der Waals surface area contributed by atoms with Crippen molar-refractivity contribution in [2.24, 2.45) is 22.7 Å². The number of hydrogen-bond acceptors (Lipinski definition) is 8. The highest BCUT2D eigenvalue weighted by Crippen LogP contribution is 2.69. The molecule has 5 rings (SSSR count). The number of hydrogen-bond donors (Lipinski definition) is 5. The summed E-state index contributed by atoms with van der Waals surface area (Å²) >= 11 is 0. The Hall–Kier alpha value is -3.75. The van der Waals surface area contributed by atoms with E-state index in [0.29, 0.717) is 11.1 Å². The highest BCUT2D eigenvalue weighted by Gasteiger charge is 2.73. The van der Waals surface area contributed by atoms with Crippen LogP contribution in [0.2, 0.25) is 0 Å². The van der Waals surface area contributed by atoms with Gasteiger partial charge in [0.15, 0.2) is 23.0 Å². The van der Waals surface area contributed by atoms with Crippen LogP contribution in [0.5, 0.6) is 5.75 Å². The van der Waals surface area contributed by atoms with E-state index in [2.05, 4.69) is 0 Å². The van der Waals surface area contributed by atoms with Gasteiger partial charge in [-0.3, -0.25) is 14.4 Å². The van der Waals surface area contributed by atoms with Crippen LogP contribution in [-0.2, 0) is 15.2 Å². The summed E-state index contributed by atoms with van der Waals surface area (Å²) in [5.74, 6) is -6.18. The zero-order valence-electron chi connectivity index (χ0n) is 23.4. The third-order valence-electron chi connectivity index (χ3n) is 9.78. The molecule has 210 valence electrons. The highest BCUT2D eigenvalue weighted by molar-refractivity contribution is 6.22. The van der Waals surface area contributed by atoms with Crippen molar-refractivity contribution in [1.29, 1.82) is 0 Å². The second-order valence-corrected chi connectivity index (χ2v) is 12.4. The fourth-order valence-corrected chi connectivity index (χ4v) is 7.86. The van der Waals surface area contributed by atoms with Gasteiger partial charge in [-0.05, 0) is 43.4 Å². The van der Waals surface area contributed by atoms with Crippen LogP contribution >= 0.6 is 0 Å². The number of aliphatic hydroxyl groups excluding tert-OH is 2. The lowest BCUT2D eigenvalue weighted by Crippen LogP contribution is -2.68. The number of phenolic OH excluding ortho intramolecular Hbond substituents is 1. The Kier molecular flexibility index (Phi) is 5.82. The number of fused-ring (bicyclic) bond motifs is 3. The molecule has 40 heavy (non-hydrogen) atoms. The molecule has 3 aliphatic carbocycles. The summed E-state index contributed by atoms with van der Waals surface area (Å²) in [6, 6.07) is 12.0. The normalized spacial score (nSPS) is 33.6. The molecule has 8 heteroatoms. The van der Waals surface area contributed by atoms with Crippen LogP contribution < -0.4 is 0 Å². The summed E-state index contributed by atoms with van der Waals surface area (Å²) in [6.45, 7) is 9.14. The quantitative estimate of drug-likeness (QED) is 0.348. The molecule has 2 aromatic rings. The van der Waals surface area contributed by atoms with Crippen molar-refractivity contribution in [3.63, 3.8) is 0 Å². The van der Waals surface area contributed by atoms with Gasteiger partial charge >= 0.3 is 0 Å². The Balaban J connectivity index is 1.93. The first-order valence-electron chi connectivity index (χ1n) is 13.3. The zero-order valence-corrected chi connectivity index (χ0v) is 23.4. The predicted octanol–water partition coefficient (Wildman–Crippen LogP) is 4.68. The molecule has 0 fully saturated rings. The minimum atomic E-state index is -2.68. The maximum Gasteiger partial charge on any atom is 0.197 e. The number of carbonyl (C=O) groups is 3. The Labute approximate surface area is 232 Å². The molecule has 2 unspecified atom stereocenters. The van der Waals surface area contributed by atoms with Gasteiger partial charge in [0.25, 0.3) is 0 Å². The largest absolute Gasteiger partial charge is 0.508 e. The summed E-state index contributed by atoms with van der Waals surface area (Å²) in [7, 11) is 0. The molecule has 5 N–H and O–H groups in total. The van der Waals surface area contributed by atoms with Gasteiger partial charge in [0.1, 0.15) is 22.8 Å². The lowest BCUT2D eigenvalue weighted by molar-refractivity contribution is -0.181. The van der Waals surface area contributed by atoms with Crippen molar-refractivity contribution in [2.75, 3.05) is 0 Å². The number of aliphatic hydroxyl groups is 4. The molecule has 3 aliphatic rings. The van der Waals surface area contributed by atoms with Gasteiger partial charge in [0, 0.05) is 22.3 Å². The molecule has 0 bridgehead atoms. The summed E-state index contributed by atoms with van der Waals surface area (Å²) in [5.41, 5.74) is -7.75. The first-order chi connectivity index (χ1) is 18.5. The summed E-state index contributed by atoms with van der Waals surface area (Å²) in [6.07, 6.45) is -0.220. The van der Waals surface area contributed by atoms with Crippen molar-refractivity contribution in [3.8, 4) is 16.9 Å². The van der Waals surface area contributed by atoms with Gasteiger partial charge < -0.3 is 25.5 Å².